The van der Waals surface area contributed by atoms with E-state index in [9.17, 15) is 18.4 Å². The fourth-order valence-corrected chi connectivity index (χ4v) is 3.28. The van der Waals surface area contributed by atoms with Crippen molar-refractivity contribution in [1.82, 2.24) is 10.3 Å². The highest BCUT2D eigenvalue weighted by Crippen LogP contribution is 2.30. The van der Waals surface area contributed by atoms with E-state index in [2.05, 4.69) is 20.4 Å². The normalized spacial score (nSPS) is 10.8. The zero-order valence-electron chi connectivity index (χ0n) is 14.2. The summed E-state index contributed by atoms with van der Waals surface area (Å²) >= 11 is 1.52. The number of fused-ring (bicyclic) bond motifs is 1. The average Bonchev–Trinajstić information content (AvgIpc) is 3.06. The predicted octanol–water partition coefficient (Wildman–Crippen LogP) is 3.46. The molecule has 0 atom stereocenters. The van der Waals surface area contributed by atoms with Gasteiger partial charge in [-0.25, -0.2) is 0 Å². The molecule has 9 heteroatoms. The second kappa shape index (κ2) is 8.09. The molecule has 140 valence electrons. The van der Waals surface area contributed by atoms with Gasteiger partial charge in [0.25, 0.3) is 0 Å². The van der Waals surface area contributed by atoms with Gasteiger partial charge in [-0.1, -0.05) is 0 Å². The van der Waals surface area contributed by atoms with Crippen LogP contribution in [0.2, 0.25) is 0 Å². The van der Waals surface area contributed by atoms with Gasteiger partial charge in [-0.15, -0.1) is 11.3 Å². The molecule has 2 aromatic heterocycles. The molecule has 0 aliphatic rings. The lowest BCUT2D eigenvalue weighted by molar-refractivity contribution is -0.136. The second-order valence-corrected chi connectivity index (χ2v) is 6.91. The lowest BCUT2D eigenvalue weighted by Gasteiger charge is -2.12. The molecular weight excluding hydrogens is 376 g/mol. The fraction of sp³-hybridized carbons (Fsp3) is 0.167. The number of halogens is 2. The van der Waals surface area contributed by atoms with Gasteiger partial charge in [0, 0.05) is 21.3 Å². The van der Waals surface area contributed by atoms with E-state index >= 15 is 0 Å². The van der Waals surface area contributed by atoms with Crippen molar-refractivity contribution in [2.24, 2.45) is 0 Å². The summed E-state index contributed by atoms with van der Waals surface area (Å²) in [6.45, 7) is -0.806. The van der Waals surface area contributed by atoms with Gasteiger partial charge in [0.2, 0.25) is 0 Å². The van der Waals surface area contributed by atoms with E-state index < -0.39 is 18.4 Å². The highest BCUT2D eigenvalue weighted by Gasteiger charge is 2.17. The van der Waals surface area contributed by atoms with Crippen LogP contribution in [-0.2, 0) is 16.1 Å². The molecule has 0 fully saturated rings. The van der Waals surface area contributed by atoms with Crippen molar-refractivity contribution in [3.05, 3.63) is 52.3 Å². The van der Waals surface area contributed by atoms with Crippen LogP contribution in [0.25, 0.3) is 10.9 Å². The van der Waals surface area contributed by atoms with Crippen molar-refractivity contribution in [2.45, 2.75) is 20.1 Å². The van der Waals surface area contributed by atoms with Crippen molar-refractivity contribution in [1.29, 1.82) is 0 Å². The minimum atomic E-state index is -3.00. The number of carbonyl (C=O) groups excluding carboxylic acids is 2. The third kappa shape index (κ3) is 4.56. The van der Waals surface area contributed by atoms with Gasteiger partial charge < -0.3 is 15.4 Å². The number of nitrogens with zero attached hydrogens (tertiary/aromatic N) is 1. The van der Waals surface area contributed by atoms with Crippen molar-refractivity contribution in [3.63, 3.8) is 0 Å². The number of benzene rings is 1. The average molecular weight is 391 g/mol. The van der Waals surface area contributed by atoms with E-state index in [-0.39, 0.29) is 23.5 Å². The number of thiophene rings is 1. The van der Waals surface area contributed by atoms with Gasteiger partial charge in [-0.2, -0.15) is 8.78 Å². The van der Waals surface area contributed by atoms with Gasteiger partial charge >= 0.3 is 18.4 Å². The summed E-state index contributed by atoms with van der Waals surface area (Å²) < 4.78 is 29.5. The smallest absolute Gasteiger partial charge is 0.387 e. The Bertz CT molecular complexity index is 991. The van der Waals surface area contributed by atoms with Crippen LogP contribution < -0.4 is 15.4 Å². The number of alkyl halides is 2. The fourth-order valence-electron chi connectivity index (χ4n) is 2.45. The minimum Gasteiger partial charge on any atom is -0.432 e. The highest BCUT2D eigenvalue weighted by molar-refractivity contribution is 7.11. The first-order chi connectivity index (χ1) is 12.9. The van der Waals surface area contributed by atoms with Gasteiger partial charge in [0.05, 0.1) is 12.2 Å². The molecule has 2 amide bonds. The molecule has 0 spiro atoms. The SMILES string of the molecule is Cc1ccc(CNC(=O)C(=O)Nc2ccc(OC(F)F)c3ncccc23)s1. The number of hydrogen-bond donors (Lipinski definition) is 2. The zero-order valence-corrected chi connectivity index (χ0v) is 15.0. The Kier molecular flexibility index (Phi) is 5.60. The quantitative estimate of drug-likeness (QED) is 0.653. The zero-order chi connectivity index (χ0) is 19.4. The van der Waals surface area contributed by atoms with Crippen LogP contribution in [0.15, 0.2) is 42.6 Å². The van der Waals surface area contributed by atoms with E-state index in [1.165, 1.54) is 29.7 Å². The van der Waals surface area contributed by atoms with Crippen LogP contribution in [0.3, 0.4) is 0 Å². The second-order valence-electron chi connectivity index (χ2n) is 5.54. The van der Waals surface area contributed by atoms with Gasteiger partial charge in [-0.3, -0.25) is 14.6 Å². The van der Waals surface area contributed by atoms with E-state index in [0.29, 0.717) is 5.39 Å². The van der Waals surface area contributed by atoms with Crippen molar-refractivity contribution in [3.8, 4) is 5.75 Å². The number of rotatable bonds is 5. The van der Waals surface area contributed by atoms with Crippen LogP contribution in [0, 0.1) is 6.92 Å². The number of pyridine rings is 1. The van der Waals surface area contributed by atoms with Crippen LogP contribution in [0.1, 0.15) is 9.75 Å². The van der Waals surface area contributed by atoms with Crippen LogP contribution >= 0.6 is 11.3 Å². The standard InChI is InChI=1S/C18H15F2N3O3S/c1-10-4-5-11(27-10)9-22-16(24)17(25)23-13-6-7-14(26-18(19)20)15-12(13)3-2-8-21-15/h2-8,18H,9H2,1H3,(H,22,24)(H,23,25). The summed E-state index contributed by atoms with van der Waals surface area (Å²) in [6, 6.07) is 9.62. The molecular formula is C18H15F2N3O3S. The topological polar surface area (TPSA) is 80.3 Å². The molecule has 0 aliphatic carbocycles. The van der Waals surface area contributed by atoms with Gasteiger partial charge in [0.15, 0.2) is 5.75 Å². The maximum atomic E-state index is 12.5. The van der Waals surface area contributed by atoms with Crippen LogP contribution in [0.5, 0.6) is 5.75 Å². The molecule has 0 saturated carbocycles. The molecule has 0 aliphatic heterocycles. The third-order valence-corrected chi connectivity index (χ3v) is 4.62. The number of anilines is 1. The summed E-state index contributed by atoms with van der Waals surface area (Å²) in [7, 11) is 0. The maximum Gasteiger partial charge on any atom is 0.387 e. The van der Waals surface area contributed by atoms with Crippen LogP contribution in [0.4, 0.5) is 14.5 Å². The van der Waals surface area contributed by atoms with Gasteiger partial charge in [0.1, 0.15) is 5.52 Å². The number of nitrogens with one attached hydrogen (secondary N) is 2. The lowest BCUT2D eigenvalue weighted by Crippen LogP contribution is -2.34. The first kappa shape index (κ1) is 18.7. The minimum absolute atomic E-state index is 0.115. The highest BCUT2D eigenvalue weighted by atomic mass is 32.1. The largest absolute Gasteiger partial charge is 0.432 e. The number of carbonyl (C=O) groups is 2. The number of aryl methyl sites for hydroxylation is 1. The monoisotopic (exact) mass is 391 g/mol. The molecule has 2 N–H and O–H groups in total. The van der Waals surface area contributed by atoms with E-state index in [4.69, 9.17) is 0 Å². The molecule has 6 nitrogen and oxygen atoms in total. The van der Waals surface area contributed by atoms with E-state index in [0.717, 1.165) is 9.75 Å². The first-order valence-corrected chi connectivity index (χ1v) is 8.72. The molecule has 0 unspecified atom stereocenters. The van der Waals surface area contributed by atoms with E-state index in [1.54, 1.807) is 12.1 Å². The third-order valence-electron chi connectivity index (χ3n) is 3.62. The Labute approximate surface area is 157 Å². The molecule has 0 bridgehead atoms. The number of hydrogen-bond acceptors (Lipinski definition) is 5. The van der Waals surface area contributed by atoms with Crippen LogP contribution in [-0.4, -0.2) is 23.4 Å². The summed E-state index contributed by atoms with van der Waals surface area (Å²) in [6.07, 6.45) is 1.42. The first-order valence-electron chi connectivity index (χ1n) is 7.91. The summed E-state index contributed by atoms with van der Waals surface area (Å²) in [5.41, 5.74) is 0.428. The Balaban J connectivity index is 1.73. The number of aromatic nitrogens is 1. The molecule has 2 heterocycles. The summed E-state index contributed by atoms with van der Waals surface area (Å²) in [4.78, 5) is 30.2. The predicted molar refractivity (Wildman–Crippen MR) is 97.9 cm³/mol. The van der Waals surface area contributed by atoms with Crippen molar-refractivity contribution in [2.75, 3.05) is 5.32 Å². The Morgan fingerprint density at radius 2 is 2.00 bits per heavy atom. The molecule has 3 aromatic rings. The Morgan fingerprint density at radius 3 is 2.70 bits per heavy atom. The van der Waals surface area contributed by atoms with Gasteiger partial charge in [-0.05, 0) is 43.3 Å². The van der Waals surface area contributed by atoms with E-state index in [1.807, 2.05) is 19.1 Å². The molecule has 27 heavy (non-hydrogen) atoms. The lowest BCUT2D eigenvalue weighted by atomic mass is 10.1. The Hall–Kier alpha value is -3.07. The maximum absolute atomic E-state index is 12.5. The molecule has 0 saturated heterocycles. The van der Waals surface area contributed by atoms with Crippen molar-refractivity contribution < 1.29 is 23.1 Å². The molecule has 3 rings (SSSR count). The summed E-state index contributed by atoms with van der Waals surface area (Å²) in [5.74, 6) is -1.78. The number of amides is 2. The van der Waals surface area contributed by atoms with Crippen molar-refractivity contribution >= 4 is 39.7 Å². The molecule has 0 radical (unpaired) electrons. The summed E-state index contributed by atoms with van der Waals surface area (Å²) in [5, 5.41) is 5.39. The Morgan fingerprint density at radius 1 is 1.19 bits per heavy atom. The number of ether oxygens (including phenoxy) is 1. The molecule has 1 aromatic carbocycles.